The lowest BCUT2D eigenvalue weighted by Gasteiger charge is -2.17. The molecule has 1 aromatic heterocycles. The number of nitrogens with two attached hydrogens (primary N) is 1. The van der Waals surface area contributed by atoms with E-state index < -0.39 is 0 Å². The maximum atomic E-state index is 5.56. The van der Waals surface area contributed by atoms with Crippen LogP contribution in [0.2, 0.25) is 0 Å². The lowest BCUT2D eigenvalue weighted by atomic mass is 10.1. The molecule has 1 aliphatic carbocycles. The molecule has 0 amide bonds. The molecule has 1 aliphatic rings. The van der Waals surface area contributed by atoms with Crippen LogP contribution in [0, 0.1) is 0 Å². The quantitative estimate of drug-likeness (QED) is 0.281. The van der Waals surface area contributed by atoms with Gasteiger partial charge in [-0.2, -0.15) is 15.0 Å². The van der Waals surface area contributed by atoms with E-state index in [1.165, 1.54) is 25.7 Å². The van der Waals surface area contributed by atoms with Gasteiger partial charge in [-0.05, 0) is 25.0 Å². The third-order valence-corrected chi connectivity index (χ3v) is 5.02. The number of nitrogens with one attached hydrogen (secondary N) is 3. The van der Waals surface area contributed by atoms with Crippen molar-refractivity contribution in [2.45, 2.75) is 44.6 Å². The molecular weight excluding hydrogens is 394 g/mol. The Bertz CT molecular complexity index is 740. The van der Waals surface area contributed by atoms with Crippen molar-refractivity contribution in [2.24, 2.45) is 5.73 Å². The van der Waals surface area contributed by atoms with Gasteiger partial charge in [-0.1, -0.05) is 43.9 Å². The fraction of sp³-hybridized carbons (Fsp3) is 0.591. The highest BCUT2D eigenvalue weighted by Crippen LogP contribution is 2.21. The number of hydrogen-bond donors (Lipinski definition) is 4. The van der Waals surface area contributed by atoms with Crippen molar-refractivity contribution in [3.63, 3.8) is 0 Å². The summed E-state index contributed by atoms with van der Waals surface area (Å²) in [5.74, 6) is 1.63. The predicted molar refractivity (Wildman–Crippen MR) is 124 cm³/mol. The molecule has 170 valence electrons. The Morgan fingerprint density at radius 2 is 1.48 bits per heavy atom. The van der Waals surface area contributed by atoms with Gasteiger partial charge < -0.3 is 31.2 Å². The van der Waals surface area contributed by atoms with Crippen LogP contribution in [0.25, 0.3) is 0 Å². The summed E-state index contributed by atoms with van der Waals surface area (Å²) in [5.41, 5.74) is 6.32. The number of benzene rings is 1. The zero-order valence-corrected chi connectivity index (χ0v) is 18.2. The monoisotopic (exact) mass is 429 g/mol. The van der Waals surface area contributed by atoms with Crippen LogP contribution in [0.3, 0.4) is 0 Å². The minimum absolute atomic E-state index is 0.402. The van der Waals surface area contributed by atoms with E-state index in [0.29, 0.717) is 63.4 Å². The van der Waals surface area contributed by atoms with Crippen molar-refractivity contribution >= 4 is 23.5 Å². The molecular formula is C22H35N7O2. The molecule has 0 spiro atoms. The molecule has 2 aromatic rings. The van der Waals surface area contributed by atoms with Gasteiger partial charge in [0.25, 0.3) is 0 Å². The van der Waals surface area contributed by atoms with Crippen LogP contribution in [-0.2, 0) is 9.47 Å². The van der Waals surface area contributed by atoms with Crippen LogP contribution >= 0.6 is 0 Å². The second kappa shape index (κ2) is 13.7. The summed E-state index contributed by atoms with van der Waals surface area (Å²) >= 11 is 0. The average molecular weight is 430 g/mol. The highest BCUT2D eigenvalue weighted by molar-refractivity contribution is 5.55. The van der Waals surface area contributed by atoms with Gasteiger partial charge in [0.2, 0.25) is 17.8 Å². The van der Waals surface area contributed by atoms with Gasteiger partial charge in [0, 0.05) is 24.8 Å². The first-order valence-electron chi connectivity index (χ1n) is 11.3. The largest absolute Gasteiger partial charge is 0.378 e. The first-order valence-corrected chi connectivity index (χ1v) is 11.3. The van der Waals surface area contributed by atoms with Crippen molar-refractivity contribution in [2.75, 3.05) is 55.5 Å². The zero-order chi connectivity index (χ0) is 21.6. The Labute approximate surface area is 184 Å². The summed E-state index contributed by atoms with van der Waals surface area (Å²) in [6, 6.07) is 10.3. The zero-order valence-electron chi connectivity index (χ0n) is 18.2. The molecule has 1 saturated carbocycles. The van der Waals surface area contributed by atoms with Gasteiger partial charge in [-0.25, -0.2) is 0 Å². The molecule has 0 unspecified atom stereocenters. The lowest BCUT2D eigenvalue weighted by molar-refractivity contribution is 0.0547. The molecule has 3 rings (SSSR count). The minimum Gasteiger partial charge on any atom is -0.378 e. The molecule has 31 heavy (non-hydrogen) atoms. The predicted octanol–water partition coefficient (Wildman–Crippen LogP) is 3.15. The summed E-state index contributed by atoms with van der Waals surface area (Å²) in [4.78, 5) is 13.7. The third kappa shape index (κ3) is 9.04. The molecule has 0 aliphatic heterocycles. The van der Waals surface area contributed by atoms with Crippen LogP contribution in [0.15, 0.2) is 30.3 Å². The van der Waals surface area contributed by atoms with Crippen molar-refractivity contribution < 1.29 is 9.47 Å². The molecule has 0 saturated heterocycles. The minimum atomic E-state index is 0.402. The summed E-state index contributed by atoms with van der Waals surface area (Å²) in [7, 11) is 0. The van der Waals surface area contributed by atoms with Crippen molar-refractivity contribution in [3.05, 3.63) is 30.3 Å². The molecule has 1 fully saturated rings. The lowest BCUT2D eigenvalue weighted by Crippen LogP contribution is -2.21. The Morgan fingerprint density at radius 3 is 2.23 bits per heavy atom. The van der Waals surface area contributed by atoms with Gasteiger partial charge in [-0.15, -0.1) is 0 Å². The summed E-state index contributed by atoms with van der Waals surface area (Å²) in [6.45, 7) is 3.29. The van der Waals surface area contributed by atoms with E-state index in [1.807, 2.05) is 30.3 Å². The van der Waals surface area contributed by atoms with E-state index in [0.717, 1.165) is 18.5 Å². The van der Waals surface area contributed by atoms with Gasteiger partial charge >= 0.3 is 0 Å². The molecule has 1 aromatic carbocycles. The second-order valence-electron chi connectivity index (χ2n) is 7.57. The van der Waals surface area contributed by atoms with E-state index in [1.54, 1.807) is 0 Å². The van der Waals surface area contributed by atoms with Crippen molar-refractivity contribution in [1.82, 2.24) is 15.0 Å². The Morgan fingerprint density at radius 1 is 0.806 bits per heavy atom. The van der Waals surface area contributed by atoms with E-state index in [-0.39, 0.29) is 0 Å². The first-order chi connectivity index (χ1) is 15.3. The van der Waals surface area contributed by atoms with Crippen LogP contribution in [-0.4, -0.2) is 60.5 Å². The summed E-state index contributed by atoms with van der Waals surface area (Å²) in [6.07, 6.45) is 7.40. The fourth-order valence-corrected chi connectivity index (χ4v) is 3.47. The number of ether oxygens (including phenoxy) is 2. The Hall–Kier alpha value is -2.49. The first kappa shape index (κ1) is 23.2. The highest BCUT2D eigenvalue weighted by Gasteiger charge is 2.15. The standard InChI is InChI=1S/C22H35N7O2/c23-12-14-30-16-17-31-15-13-24-20-27-21(25-18-8-4-1-2-5-9-18)29-22(28-20)26-19-10-6-3-7-11-19/h3,6-7,10-11,18H,1-2,4-5,8-9,12-17,23H2,(H3,24,25,26,27,28,29). The number of nitrogens with zero attached hydrogens (tertiary/aromatic N) is 3. The van der Waals surface area contributed by atoms with E-state index >= 15 is 0 Å². The van der Waals surface area contributed by atoms with Crippen LogP contribution in [0.5, 0.6) is 0 Å². The number of hydrogen-bond acceptors (Lipinski definition) is 9. The maximum Gasteiger partial charge on any atom is 0.233 e. The molecule has 9 nitrogen and oxygen atoms in total. The number of aromatic nitrogens is 3. The second-order valence-corrected chi connectivity index (χ2v) is 7.57. The molecule has 0 radical (unpaired) electrons. The van der Waals surface area contributed by atoms with Gasteiger partial charge in [0.15, 0.2) is 0 Å². The van der Waals surface area contributed by atoms with E-state index in [2.05, 4.69) is 30.9 Å². The Kier molecular flexibility index (Phi) is 10.3. The van der Waals surface area contributed by atoms with Gasteiger partial charge in [-0.3, -0.25) is 0 Å². The normalized spacial score (nSPS) is 14.7. The average Bonchev–Trinajstić information content (AvgIpc) is 3.05. The Balaban J connectivity index is 1.57. The van der Waals surface area contributed by atoms with Gasteiger partial charge in [0.05, 0.1) is 26.4 Å². The molecule has 5 N–H and O–H groups in total. The van der Waals surface area contributed by atoms with Crippen molar-refractivity contribution in [1.29, 1.82) is 0 Å². The fourth-order valence-electron chi connectivity index (χ4n) is 3.47. The number of para-hydroxylation sites is 1. The summed E-state index contributed by atoms with van der Waals surface area (Å²) < 4.78 is 10.9. The highest BCUT2D eigenvalue weighted by atomic mass is 16.5. The number of anilines is 4. The summed E-state index contributed by atoms with van der Waals surface area (Å²) in [5, 5.41) is 10.0. The maximum absolute atomic E-state index is 5.56. The topological polar surface area (TPSA) is 119 Å². The molecule has 0 bridgehead atoms. The smallest absolute Gasteiger partial charge is 0.233 e. The van der Waals surface area contributed by atoms with Gasteiger partial charge in [0.1, 0.15) is 0 Å². The third-order valence-electron chi connectivity index (χ3n) is 5.02. The van der Waals surface area contributed by atoms with E-state index in [9.17, 15) is 0 Å². The van der Waals surface area contributed by atoms with Crippen LogP contribution in [0.4, 0.5) is 23.5 Å². The van der Waals surface area contributed by atoms with Crippen LogP contribution < -0.4 is 21.7 Å². The number of rotatable bonds is 13. The van der Waals surface area contributed by atoms with E-state index in [4.69, 9.17) is 15.2 Å². The SMILES string of the molecule is NCCOCCOCCNc1nc(Nc2ccccc2)nc(NC2CCCCCC2)n1. The molecule has 1 heterocycles. The van der Waals surface area contributed by atoms with Crippen LogP contribution in [0.1, 0.15) is 38.5 Å². The van der Waals surface area contributed by atoms with Crippen molar-refractivity contribution in [3.8, 4) is 0 Å². The molecule has 0 atom stereocenters. The molecule has 9 heteroatoms.